The Balaban J connectivity index is 2.54. The van der Waals surface area contributed by atoms with E-state index < -0.39 is 5.54 Å². The van der Waals surface area contributed by atoms with E-state index in [2.05, 4.69) is 18.8 Å². The summed E-state index contributed by atoms with van der Waals surface area (Å²) in [5, 5.41) is 3.20. The molecule has 0 bridgehead atoms. The van der Waals surface area contributed by atoms with E-state index in [0.29, 0.717) is 19.1 Å². The first-order valence-electron chi connectivity index (χ1n) is 5.18. The molecule has 0 aromatic rings. The van der Waals surface area contributed by atoms with Gasteiger partial charge < -0.3 is 4.74 Å². The highest BCUT2D eigenvalue weighted by Crippen LogP contribution is 2.38. The zero-order chi connectivity index (χ0) is 10.6. The van der Waals surface area contributed by atoms with Crippen LogP contribution in [0.2, 0.25) is 0 Å². The van der Waals surface area contributed by atoms with Crippen molar-refractivity contribution in [1.29, 1.82) is 0 Å². The monoisotopic (exact) mass is 197 g/mol. The van der Waals surface area contributed by atoms with E-state index in [4.69, 9.17) is 4.74 Å². The van der Waals surface area contributed by atoms with Crippen molar-refractivity contribution < 1.29 is 9.53 Å². The third-order valence-electron chi connectivity index (χ3n) is 2.64. The van der Waals surface area contributed by atoms with Crippen molar-refractivity contribution in [1.82, 2.24) is 5.32 Å². The van der Waals surface area contributed by atoms with E-state index in [9.17, 15) is 4.79 Å². The fourth-order valence-corrected chi connectivity index (χ4v) is 2.05. The summed E-state index contributed by atoms with van der Waals surface area (Å²) in [5.41, 5.74) is -0.427. The van der Waals surface area contributed by atoms with Crippen molar-refractivity contribution in [3.63, 3.8) is 0 Å². The largest absolute Gasteiger partial charge is 0.465 e. The average molecular weight is 197 g/mol. The lowest BCUT2D eigenvalue weighted by Gasteiger charge is -2.44. The maximum Gasteiger partial charge on any atom is 0.326 e. The van der Waals surface area contributed by atoms with Crippen LogP contribution in [0.15, 0.2) is 12.7 Å². The van der Waals surface area contributed by atoms with Crippen molar-refractivity contribution in [2.45, 2.75) is 32.2 Å². The van der Waals surface area contributed by atoms with E-state index in [1.165, 1.54) is 0 Å². The topological polar surface area (TPSA) is 38.3 Å². The molecule has 0 aromatic heterocycles. The Morgan fingerprint density at radius 1 is 1.71 bits per heavy atom. The third-order valence-corrected chi connectivity index (χ3v) is 2.64. The molecule has 80 valence electrons. The molecule has 14 heavy (non-hydrogen) atoms. The maximum absolute atomic E-state index is 11.7. The Kier molecular flexibility index (Phi) is 3.69. The molecule has 0 aliphatic heterocycles. The minimum atomic E-state index is -0.427. The molecule has 1 aliphatic rings. The van der Waals surface area contributed by atoms with Crippen LogP contribution in [0, 0.1) is 5.92 Å². The molecule has 1 aliphatic carbocycles. The van der Waals surface area contributed by atoms with Crippen LogP contribution < -0.4 is 5.32 Å². The normalized spacial score (nSPS) is 30.6. The predicted octanol–water partition coefficient (Wildman–Crippen LogP) is 1.49. The molecule has 3 nitrogen and oxygen atoms in total. The van der Waals surface area contributed by atoms with Crippen LogP contribution in [0.1, 0.15) is 26.7 Å². The molecule has 0 saturated heterocycles. The van der Waals surface area contributed by atoms with Gasteiger partial charge in [-0.25, -0.2) is 0 Å². The SMILES string of the molecule is C=CCNC1(C(=O)OCC)CC(C)C1. The second-order valence-corrected chi connectivity index (χ2v) is 3.99. The van der Waals surface area contributed by atoms with Gasteiger partial charge in [-0.1, -0.05) is 13.0 Å². The molecule has 0 heterocycles. The number of hydrogen-bond donors (Lipinski definition) is 1. The number of carbonyl (C=O) groups is 1. The maximum atomic E-state index is 11.7. The summed E-state index contributed by atoms with van der Waals surface area (Å²) in [6.45, 7) is 8.72. The van der Waals surface area contributed by atoms with Crippen LogP contribution in [0.4, 0.5) is 0 Å². The van der Waals surface area contributed by atoms with Gasteiger partial charge in [-0.15, -0.1) is 6.58 Å². The molecule has 0 amide bonds. The molecule has 0 unspecified atom stereocenters. The molecule has 0 aromatic carbocycles. The highest BCUT2D eigenvalue weighted by atomic mass is 16.5. The number of ether oxygens (including phenoxy) is 1. The number of hydrogen-bond acceptors (Lipinski definition) is 3. The molecular weight excluding hydrogens is 178 g/mol. The lowest BCUT2D eigenvalue weighted by Crippen LogP contribution is -2.60. The van der Waals surface area contributed by atoms with Crippen molar-refractivity contribution >= 4 is 5.97 Å². The lowest BCUT2D eigenvalue weighted by atomic mass is 9.69. The van der Waals surface area contributed by atoms with Gasteiger partial charge >= 0.3 is 5.97 Å². The minimum Gasteiger partial charge on any atom is -0.465 e. The van der Waals surface area contributed by atoms with Gasteiger partial charge in [-0.05, 0) is 25.7 Å². The Labute approximate surface area is 85.5 Å². The minimum absolute atomic E-state index is 0.111. The highest BCUT2D eigenvalue weighted by molar-refractivity contribution is 5.82. The van der Waals surface area contributed by atoms with Crippen molar-refractivity contribution in [2.75, 3.05) is 13.2 Å². The van der Waals surface area contributed by atoms with Crippen LogP contribution in [0.5, 0.6) is 0 Å². The Morgan fingerprint density at radius 3 is 2.79 bits per heavy atom. The summed E-state index contributed by atoms with van der Waals surface area (Å²) in [6.07, 6.45) is 3.52. The van der Waals surface area contributed by atoms with Gasteiger partial charge in [0.05, 0.1) is 6.61 Å². The van der Waals surface area contributed by atoms with Crippen molar-refractivity contribution in [3.05, 3.63) is 12.7 Å². The zero-order valence-corrected chi connectivity index (χ0v) is 9.01. The molecule has 1 N–H and O–H groups in total. The van der Waals surface area contributed by atoms with Crippen LogP contribution in [0.25, 0.3) is 0 Å². The van der Waals surface area contributed by atoms with E-state index in [1.807, 2.05) is 6.92 Å². The first kappa shape index (κ1) is 11.2. The molecular formula is C11H19NO2. The summed E-state index contributed by atoms with van der Waals surface area (Å²) < 4.78 is 5.06. The van der Waals surface area contributed by atoms with Gasteiger partial charge in [0.1, 0.15) is 5.54 Å². The van der Waals surface area contributed by atoms with Gasteiger partial charge in [0.2, 0.25) is 0 Å². The first-order valence-corrected chi connectivity index (χ1v) is 5.18. The molecule has 1 saturated carbocycles. The van der Waals surface area contributed by atoms with Crippen LogP contribution in [0.3, 0.4) is 0 Å². The van der Waals surface area contributed by atoms with Gasteiger partial charge in [-0.3, -0.25) is 10.1 Å². The molecule has 0 spiro atoms. The van der Waals surface area contributed by atoms with Crippen molar-refractivity contribution in [3.8, 4) is 0 Å². The number of rotatable bonds is 5. The summed E-state index contributed by atoms with van der Waals surface area (Å²) >= 11 is 0. The molecule has 0 atom stereocenters. The Bertz CT molecular complexity index is 219. The van der Waals surface area contributed by atoms with Gasteiger partial charge in [0.15, 0.2) is 0 Å². The van der Waals surface area contributed by atoms with E-state index in [1.54, 1.807) is 6.08 Å². The van der Waals surface area contributed by atoms with Gasteiger partial charge in [-0.2, -0.15) is 0 Å². The number of carbonyl (C=O) groups excluding carboxylic acids is 1. The van der Waals surface area contributed by atoms with Crippen molar-refractivity contribution in [2.24, 2.45) is 5.92 Å². The second kappa shape index (κ2) is 4.60. The summed E-state index contributed by atoms with van der Waals surface area (Å²) in [7, 11) is 0. The lowest BCUT2D eigenvalue weighted by molar-refractivity contribution is -0.157. The highest BCUT2D eigenvalue weighted by Gasteiger charge is 2.48. The second-order valence-electron chi connectivity index (χ2n) is 3.99. The van der Waals surface area contributed by atoms with Gasteiger partial charge in [0.25, 0.3) is 0 Å². The summed E-state index contributed by atoms with van der Waals surface area (Å²) in [4.78, 5) is 11.7. The Hall–Kier alpha value is -0.830. The van der Waals surface area contributed by atoms with Crippen LogP contribution in [-0.2, 0) is 9.53 Å². The molecule has 1 rings (SSSR count). The number of esters is 1. The fourth-order valence-electron chi connectivity index (χ4n) is 2.05. The van der Waals surface area contributed by atoms with Crippen LogP contribution in [-0.4, -0.2) is 24.7 Å². The third kappa shape index (κ3) is 2.15. The van der Waals surface area contributed by atoms with E-state index in [-0.39, 0.29) is 5.97 Å². The van der Waals surface area contributed by atoms with Crippen LogP contribution >= 0.6 is 0 Å². The quantitative estimate of drug-likeness (QED) is 0.536. The Morgan fingerprint density at radius 2 is 2.36 bits per heavy atom. The molecule has 0 radical (unpaired) electrons. The predicted molar refractivity (Wildman–Crippen MR) is 56.0 cm³/mol. The summed E-state index contributed by atoms with van der Waals surface area (Å²) in [6, 6.07) is 0. The fraction of sp³-hybridized carbons (Fsp3) is 0.727. The van der Waals surface area contributed by atoms with E-state index >= 15 is 0 Å². The number of nitrogens with one attached hydrogen (secondary N) is 1. The smallest absolute Gasteiger partial charge is 0.326 e. The summed E-state index contributed by atoms with van der Waals surface area (Å²) in [5.74, 6) is 0.497. The molecule has 1 fully saturated rings. The standard InChI is InChI=1S/C11H19NO2/c1-4-6-12-11(7-9(3)8-11)10(13)14-5-2/h4,9,12H,1,5-8H2,2-3H3. The molecule has 3 heteroatoms. The van der Waals surface area contributed by atoms with E-state index in [0.717, 1.165) is 12.8 Å². The average Bonchev–Trinajstić information content (AvgIpc) is 2.10. The zero-order valence-electron chi connectivity index (χ0n) is 9.01. The van der Waals surface area contributed by atoms with Gasteiger partial charge in [0, 0.05) is 6.54 Å². The first-order chi connectivity index (χ1) is 6.64.